The molecule has 1 N–H and O–H groups in total. The van der Waals surface area contributed by atoms with Gasteiger partial charge < -0.3 is 5.11 Å². The average Bonchev–Trinajstić information content (AvgIpc) is 2.49. The Labute approximate surface area is 127 Å². The van der Waals surface area contributed by atoms with Gasteiger partial charge >= 0.3 is 0 Å². The fourth-order valence-electron chi connectivity index (χ4n) is 3.05. The molecular weight excluding hydrogens is 270 g/mol. The van der Waals surface area contributed by atoms with Crippen LogP contribution in [0, 0.1) is 0 Å². The highest BCUT2D eigenvalue weighted by Gasteiger charge is 2.24. The van der Waals surface area contributed by atoms with Gasteiger partial charge in [0.2, 0.25) is 0 Å². The van der Waals surface area contributed by atoms with Gasteiger partial charge in [-0.15, -0.1) is 11.6 Å². The highest BCUT2D eigenvalue weighted by atomic mass is 35.5. The summed E-state index contributed by atoms with van der Waals surface area (Å²) in [5.41, 5.74) is 2.56. The summed E-state index contributed by atoms with van der Waals surface area (Å²) >= 11 is 6.60. The SMILES string of the molecule is CCc1ccc(C(Cl)CN2CCCCC2CCO)cc1. The zero-order valence-corrected chi connectivity index (χ0v) is 13.1. The molecule has 1 fully saturated rings. The van der Waals surface area contributed by atoms with Gasteiger partial charge in [-0.2, -0.15) is 0 Å². The fourth-order valence-corrected chi connectivity index (χ4v) is 3.37. The van der Waals surface area contributed by atoms with E-state index in [-0.39, 0.29) is 12.0 Å². The minimum atomic E-state index is 0.0419. The largest absolute Gasteiger partial charge is 0.396 e. The van der Waals surface area contributed by atoms with E-state index in [9.17, 15) is 5.11 Å². The van der Waals surface area contributed by atoms with E-state index in [4.69, 9.17) is 11.6 Å². The molecule has 0 bridgehead atoms. The molecule has 0 aromatic heterocycles. The molecule has 1 aromatic rings. The number of aliphatic hydroxyl groups is 1. The van der Waals surface area contributed by atoms with Crippen molar-refractivity contribution in [3.8, 4) is 0 Å². The lowest BCUT2D eigenvalue weighted by Gasteiger charge is -2.36. The number of nitrogens with zero attached hydrogens (tertiary/aromatic N) is 1. The Kier molecular flexibility index (Phi) is 6.34. The van der Waals surface area contributed by atoms with Crippen molar-refractivity contribution >= 4 is 11.6 Å². The highest BCUT2D eigenvalue weighted by molar-refractivity contribution is 6.21. The second-order valence-electron chi connectivity index (χ2n) is 5.72. The van der Waals surface area contributed by atoms with Gasteiger partial charge in [-0.3, -0.25) is 4.90 Å². The van der Waals surface area contributed by atoms with E-state index in [1.54, 1.807) is 0 Å². The van der Waals surface area contributed by atoms with E-state index < -0.39 is 0 Å². The van der Waals surface area contributed by atoms with Crippen molar-refractivity contribution in [2.45, 2.75) is 50.4 Å². The third-order valence-corrected chi connectivity index (χ3v) is 4.75. The number of likely N-dealkylation sites (tertiary alicyclic amines) is 1. The topological polar surface area (TPSA) is 23.5 Å². The summed E-state index contributed by atoms with van der Waals surface area (Å²) in [4.78, 5) is 2.46. The first-order chi connectivity index (χ1) is 9.74. The van der Waals surface area contributed by atoms with Crippen molar-refractivity contribution in [2.75, 3.05) is 19.7 Å². The number of hydrogen-bond acceptors (Lipinski definition) is 2. The Morgan fingerprint density at radius 1 is 1.30 bits per heavy atom. The van der Waals surface area contributed by atoms with Gasteiger partial charge in [0, 0.05) is 19.2 Å². The molecule has 2 unspecified atom stereocenters. The van der Waals surface area contributed by atoms with Crippen molar-refractivity contribution < 1.29 is 5.11 Å². The van der Waals surface area contributed by atoms with Crippen LogP contribution in [0.5, 0.6) is 0 Å². The molecule has 20 heavy (non-hydrogen) atoms. The molecule has 0 saturated carbocycles. The van der Waals surface area contributed by atoms with Crippen molar-refractivity contribution in [1.29, 1.82) is 0 Å². The lowest BCUT2D eigenvalue weighted by atomic mass is 9.98. The number of aryl methyl sites for hydroxylation is 1. The quantitative estimate of drug-likeness (QED) is 0.808. The number of hydrogen-bond donors (Lipinski definition) is 1. The average molecular weight is 296 g/mol. The van der Waals surface area contributed by atoms with E-state index in [2.05, 4.69) is 36.1 Å². The second kappa shape index (κ2) is 8.02. The van der Waals surface area contributed by atoms with E-state index in [0.29, 0.717) is 6.04 Å². The zero-order valence-electron chi connectivity index (χ0n) is 12.4. The van der Waals surface area contributed by atoms with E-state index in [1.165, 1.54) is 30.4 Å². The number of alkyl halides is 1. The van der Waals surface area contributed by atoms with Crippen LogP contribution in [-0.4, -0.2) is 35.7 Å². The van der Waals surface area contributed by atoms with E-state index in [1.807, 2.05) is 0 Å². The summed E-state index contributed by atoms with van der Waals surface area (Å²) < 4.78 is 0. The number of rotatable bonds is 6. The third-order valence-electron chi connectivity index (χ3n) is 4.36. The summed E-state index contributed by atoms with van der Waals surface area (Å²) in [6.07, 6.45) is 5.66. The van der Waals surface area contributed by atoms with Crippen LogP contribution in [0.4, 0.5) is 0 Å². The molecule has 2 nitrogen and oxygen atoms in total. The molecule has 2 atom stereocenters. The highest BCUT2D eigenvalue weighted by Crippen LogP contribution is 2.27. The summed E-state index contributed by atoms with van der Waals surface area (Å²) in [6.45, 7) is 4.44. The van der Waals surface area contributed by atoms with Crippen LogP contribution >= 0.6 is 11.6 Å². The van der Waals surface area contributed by atoms with Crippen LogP contribution in [-0.2, 0) is 6.42 Å². The standard InChI is InChI=1S/C17H26ClNO/c1-2-14-6-8-15(9-7-14)17(18)13-19-11-4-3-5-16(19)10-12-20/h6-9,16-17,20H,2-5,10-13H2,1H3. The molecule has 0 aliphatic carbocycles. The predicted octanol–water partition coefficient (Wildman–Crippen LogP) is 3.77. The summed E-state index contributed by atoms with van der Waals surface area (Å²) in [7, 11) is 0. The molecule has 1 aliphatic rings. The minimum Gasteiger partial charge on any atom is -0.396 e. The Hall–Kier alpha value is -0.570. The van der Waals surface area contributed by atoms with Crippen molar-refractivity contribution in [3.05, 3.63) is 35.4 Å². The normalized spacial score (nSPS) is 21.9. The molecule has 1 heterocycles. The maximum atomic E-state index is 9.19. The first-order valence-electron chi connectivity index (χ1n) is 7.82. The van der Waals surface area contributed by atoms with Gasteiger partial charge in [-0.25, -0.2) is 0 Å². The number of piperidine rings is 1. The van der Waals surface area contributed by atoms with Gasteiger partial charge in [0.25, 0.3) is 0 Å². The first-order valence-corrected chi connectivity index (χ1v) is 8.26. The Morgan fingerprint density at radius 2 is 2.05 bits per heavy atom. The molecule has 1 aromatic carbocycles. The minimum absolute atomic E-state index is 0.0419. The Balaban J connectivity index is 1.95. The van der Waals surface area contributed by atoms with E-state index >= 15 is 0 Å². The van der Waals surface area contributed by atoms with Crippen LogP contribution in [0.25, 0.3) is 0 Å². The summed E-state index contributed by atoms with van der Waals surface area (Å²) in [5.74, 6) is 0. The first kappa shape index (κ1) is 15.8. The molecule has 0 amide bonds. The Bertz CT molecular complexity index is 390. The number of benzene rings is 1. The van der Waals surface area contributed by atoms with Gasteiger partial charge in [-0.1, -0.05) is 37.6 Å². The predicted molar refractivity (Wildman–Crippen MR) is 85.3 cm³/mol. The van der Waals surface area contributed by atoms with Crippen LogP contribution in [0.15, 0.2) is 24.3 Å². The van der Waals surface area contributed by atoms with Crippen LogP contribution in [0.3, 0.4) is 0 Å². The lowest BCUT2D eigenvalue weighted by Crippen LogP contribution is -2.41. The summed E-state index contributed by atoms with van der Waals surface area (Å²) in [5, 5.41) is 9.23. The molecule has 1 saturated heterocycles. The van der Waals surface area contributed by atoms with Crippen LogP contribution < -0.4 is 0 Å². The van der Waals surface area contributed by atoms with Crippen LogP contribution in [0.1, 0.15) is 49.1 Å². The van der Waals surface area contributed by atoms with Crippen molar-refractivity contribution in [1.82, 2.24) is 4.90 Å². The van der Waals surface area contributed by atoms with Gasteiger partial charge in [-0.05, 0) is 43.4 Å². The van der Waals surface area contributed by atoms with Gasteiger partial charge in [0.1, 0.15) is 0 Å². The monoisotopic (exact) mass is 295 g/mol. The third kappa shape index (κ3) is 4.21. The van der Waals surface area contributed by atoms with Gasteiger partial charge in [0.05, 0.1) is 5.38 Å². The lowest BCUT2D eigenvalue weighted by molar-refractivity contribution is 0.119. The fraction of sp³-hybridized carbons (Fsp3) is 0.647. The molecule has 3 heteroatoms. The molecule has 112 valence electrons. The molecule has 1 aliphatic heterocycles. The van der Waals surface area contributed by atoms with Crippen molar-refractivity contribution in [3.63, 3.8) is 0 Å². The zero-order chi connectivity index (χ0) is 14.4. The number of aliphatic hydroxyl groups excluding tert-OH is 1. The molecule has 0 radical (unpaired) electrons. The summed E-state index contributed by atoms with van der Waals surface area (Å²) in [6, 6.07) is 9.16. The maximum absolute atomic E-state index is 9.19. The second-order valence-corrected chi connectivity index (χ2v) is 6.25. The van der Waals surface area contributed by atoms with Gasteiger partial charge in [0.15, 0.2) is 0 Å². The maximum Gasteiger partial charge on any atom is 0.0712 e. The molecule has 2 rings (SSSR count). The van der Waals surface area contributed by atoms with E-state index in [0.717, 1.165) is 25.9 Å². The van der Waals surface area contributed by atoms with Crippen LogP contribution in [0.2, 0.25) is 0 Å². The smallest absolute Gasteiger partial charge is 0.0712 e. The molecular formula is C17H26ClNO. The van der Waals surface area contributed by atoms with Crippen molar-refractivity contribution in [2.24, 2.45) is 0 Å². The molecule has 0 spiro atoms. The number of halogens is 1. The Morgan fingerprint density at radius 3 is 2.70 bits per heavy atom.